The first kappa shape index (κ1) is 16.3. The molecule has 0 bridgehead atoms. The summed E-state index contributed by atoms with van der Waals surface area (Å²) in [6.07, 6.45) is 3.84. The molecule has 26 heavy (non-hydrogen) atoms. The van der Waals surface area contributed by atoms with Crippen LogP contribution in [0.4, 0.5) is 0 Å². The third-order valence-corrected chi connectivity index (χ3v) is 4.81. The molecule has 7 heteroatoms. The molecule has 0 N–H and O–H groups in total. The van der Waals surface area contributed by atoms with Crippen LogP contribution < -0.4 is 11.1 Å². The Bertz CT molecular complexity index is 1130. The van der Waals surface area contributed by atoms with Crippen LogP contribution in [-0.2, 0) is 31.4 Å². The van der Waals surface area contributed by atoms with Crippen molar-refractivity contribution in [2.45, 2.75) is 19.5 Å². The molecule has 0 saturated heterocycles. The SMILES string of the molecule is Cn1cc2c(cc1=O)CCN(C(=O)Cn1cnc3ccccc3c1=O)C2. The maximum absolute atomic E-state index is 12.7. The minimum absolute atomic E-state index is 0.0439. The summed E-state index contributed by atoms with van der Waals surface area (Å²) in [6, 6.07) is 8.72. The molecular weight excluding hydrogens is 332 g/mol. The maximum Gasteiger partial charge on any atom is 0.261 e. The van der Waals surface area contributed by atoms with Gasteiger partial charge in [-0.25, -0.2) is 4.98 Å². The van der Waals surface area contributed by atoms with Gasteiger partial charge in [0.2, 0.25) is 5.91 Å². The Labute approximate surface area is 149 Å². The Kier molecular flexibility index (Phi) is 3.91. The van der Waals surface area contributed by atoms with E-state index in [1.165, 1.54) is 15.5 Å². The number of carbonyl (C=O) groups excluding carboxylic acids is 1. The molecule has 0 radical (unpaired) electrons. The van der Waals surface area contributed by atoms with Crippen molar-refractivity contribution in [1.82, 2.24) is 19.0 Å². The smallest absolute Gasteiger partial charge is 0.261 e. The summed E-state index contributed by atoms with van der Waals surface area (Å²) in [5, 5.41) is 0.502. The molecular formula is C19H18N4O3. The van der Waals surface area contributed by atoms with Gasteiger partial charge in [0.25, 0.3) is 11.1 Å². The second-order valence-electron chi connectivity index (χ2n) is 6.53. The lowest BCUT2D eigenvalue weighted by molar-refractivity contribution is -0.132. The lowest BCUT2D eigenvalue weighted by Crippen LogP contribution is -2.40. The number of hydrogen-bond donors (Lipinski definition) is 0. The van der Waals surface area contributed by atoms with Crippen molar-refractivity contribution >= 4 is 16.8 Å². The summed E-state index contributed by atoms with van der Waals surface area (Å²) >= 11 is 0. The summed E-state index contributed by atoms with van der Waals surface area (Å²) in [5.41, 5.74) is 2.31. The fourth-order valence-electron chi connectivity index (χ4n) is 3.32. The van der Waals surface area contributed by atoms with Crippen LogP contribution in [0.5, 0.6) is 0 Å². The number of fused-ring (bicyclic) bond motifs is 2. The highest BCUT2D eigenvalue weighted by Crippen LogP contribution is 2.17. The van der Waals surface area contributed by atoms with Gasteiger partial charge in [-0.1, -0.05) is 12.1 Å². The summed E-state index contributed by atoms with van der Waals surface area (Å²) in [6.45, 7) is 0.935. The molecule has 0 saturated carbocycles. The number of carbonyl (C=O) groups is 1. The first-order chi connectivity index (χ1) is 12.5. The van der Waals surface area contributed by atoms with Crippen molar-refractivity contribution in [3.8, 4) is 0 Å². The number of hydrogen-bond acceptors (Lipinski definition) is 4. The third-order valence-electron chi connectivity index (χ3n) is 4.81. The van der Waals surface area contributed by atoms with E-state index in [1.54, 1.807) is 42.4 Å². The van der Waals surface area contributed by atoms with Crippen LogP contribution in [0.1, 0.15) is 11.1 Å². The third kappa shape index (κ3) is 2.81. The van der Waals surface area contributed by atoms with Gasteiger partial charge in [0.05, 0.1) is 17.2 Å². The quantitative estimate of drug-likeness (QED) is 0.681. The predicted molar refractivity (Wildman–Crippen MR) is 96.8 cm³/mol. The standard InChI is InChI=1S/C19H18N4O3/c1-21-9-14-10-22(7-6-13(14)8-17(21)24)18(25)11-23-12-20-16-5-3-2-4-15(16)19(23)26/h2-5,8-9,12H,6-7,10-11H2,1H3. The van der Waals surface area contributed by atoms with E-state index < -0.39 is 0 Å². The molecule has 4 rings (SSSR count). The molecule has 1 aliphatic heterocycles. The molecule has 0 aliphatic carbocycles. The number of aryl methyl sites for hydroxylation is 1. The van der Waals surface area contributed by atoms with Gasteiger partial charge in [0, 0.05) is 32.4 Å². The molecule has 0 unspecified atom stereocenters. The monoisotopic (exact) mass is 350 g/mol. The fraction of sp³-hybridized carbons (Fsp3) is 0.263. The predicted octanol–water partition coefficient (Wildman–Crippen LogP) is 0.680. The van der Waals surface area contributed by atoms with Crippen molar-refractivity contribution < 1.29 is 4.79 Å². The second-order valence-corrected chi connectivity index (χ2v) is 6.53. The number of benzene rings is 1. The van der Waals surface area contributed by atoms with Gasteiger partial charge in [-0.2, -0.15) is 0 Å². The average Bonchev–Trinajstić information content (AvgIpc) is 2.65. The van der Waals surface area contributed by atoms with E-state index in [-0.39, 0.29) is 23.6 Å². The first-order valence-electron chi connectivity index (χ1n) is 8.43. The first-order valence-corrected chi connectivity index (χ1v) is 8.43. The molecule has 1 aliphatic rings. The highest BCUT2D eigenvalue weighted by molar-refractivity contribution is 5.79. The fourth-order valence-corrected chi connectivity index (χ4v) is 3.32. The molecule has 0 fully saturated rings. The Morgan fingerprint density at radius 1 is 1.19 bits per heavy atom. The summed E-state index contributed by atoms with van der Waals surface area (Å²) < 4.78 is 2.87. The maximum atomic E-state index is 12.7. The van der Waals surface area contributed by atoms with Crippen LogP contribution >= 0.6 is 0 Å². The minimum atomic E-state index is -0.219. The summed E-state index contributed by atoms with van der Waals surface area (Å²) in [4.78, 5) is 42.9. The highest BCUT2D eigenvalue weighted by atomic mass is 16.2. The van der Waals surface area contributed by atoms with Crippen LogP contribution in [0.3, 0.4) is 0 Å². The summed E-state index contributed by atoms with van der Waals surface area (Å²) in [7, 11) is 1.70. The zero-order valence-corrected chi connectivity index (χ0v) is 14.4. The highest BCUT2D eigenvalue weighted by Gasteiger charge is 2.22. The molecule has 3 heterocycles. The number of nitrogens with zero attached hydrogens (tertiary/aromatic N) is 4. The number of aromatic nitrogens is 3. The molecule has 0 spiro atoms. The van der Waals surface area contributed by atoms with Crippen LogP contribution in [-0.4, -0.2) is 31.5 Å². The van der Waals surface area contributed by atoms with Crippen molar-refractivity contribution in [2.75, 3.05) is 6.54 Å². The van der Waals surface area contributed by atoms with Gasteiger partial charge in [0.1, 0.15) is 6.54 Å². The Balaban J connectivity index is 1.57. The molecule has 2 aromatic heterocycles. The Morgan fingerprint density at radius 3 is 2.85 bits per heavy atom. The van der Waals surface area contributed by atoms with E-state index in [0.717, 1.165) is 11.1 Å². The number of para-hydroxylation sites is 1. The van der Waals surface area contributed by atoms with E-state index in [0.29, 0.717) is 30.4 Å². The minimum Gasteiger partial charge on any atom is -0.336 e. The topological polar surface area (TPSA) is 77.2 Å². The molecule has 1 amide bonds. The Hall–Kier alpha value is -3.22. The van der Waals surface area contributed by atoms with Gasteiger partial charge >= 0.3 is 0 Å². The second kappa shape index (κ2) is 6.25. The molecule has 132 valence electrons. The van der Waals surface area contributed by atoms with E-state index in [2.05, 4.69) is 4.98 Å². The van der Waals surface area contributed by atoms with Gasteiger partial charge in [0.15, 0.2) is 0 Å². The lowest BCUT2D eigenvalue weighted by Gasteiger charge is -2.29. The van der Waals surface area contributed by atoms with Crippen LogP contribution in [0, 0.1) is 0 Å². The lowest BCUT2D eigenvalue weighted by atomic mass is 10.0. The van der Waals surface area contributed by atoms with E-state index >= 15 is 0 Å². The van der Waals surface area contributed by atoms with Gasteiger partial charge in [-0.15, -0.1) is 0 Å². The van der Waals surface area contributed by atoms with Crippen molar-refractivity contribution in [3.05, 3.63) is 74.7 Å². The van der Waals surface area contributed by atoms with E-state index in [9.17, 15) is 14.4 Å². The number of pyridine rings is 1. The van der Waals surface area contributed by atoms with Crippen molar-refractivity contribution in [1.29, 1.82) is 0 Å². The normalized spacial score (nSPS) is 13.7. The summed E-state index contributed by atoms with van der Waals surface area (Å²) in [5.74, 6) is -0.135. The van der Waals surface area contributed by atoms with Crippen LogP contribution in [0.25, 0.3) is 10.9 Å². The van der Waals surface area contributed by atoms with E-state index in [4.69, 9.17) is 0 Å². The van der Waals surface area contributed by atoms with Crippen LogP contribution in [0.2, 0.25) is 0 Å². The van der Waals surface area contributed by atoms with Crippen LogP contribution in [0.15, 0.2) is 52.4 Å². The van der Waals surface area contributed by atoms with Gasteiger partial charge in [-0.3, -0.25) is 19.0 Å². The van der Waals surface area contributed by atoms with Gasteiger partial charge in [-0.05, 0) is 29.7 Å². The van der Waals surface area contributed by atoms with Crippen molar-refractivity contribution in [2.24, 2.45) is 7.05 Å². The molecule has 7 nitrogen and oxygen atoms in total. The molecule has 0 atom stereocenters. The zero-order valence-electron chi connectivity index (χ0n) is 14.4. The largest absolute Gasteiger partial charge is 0.336 e. The average molecular weight is 350 g/mol. The molecule has 1 aromatic carbocycles. The van der Waals surface area contributed by atoms with E-state index in [1.807, 2.05) is 6.07 Å². The van der Waals surface area contributed by atoms with Gasteiger partial charge < -0.3 is 9.47 Å². The van der Waals surface area contributed by atoms with Crippen molar-refractivity contribution in [3.63, 3.8) is 0 Å². The molecule has 3 aromatic rings. The Morgan fingerprint density at radius 2 is 2.00 bits per heavy atom. The number of rotatable bonds is 2. The number of amides is 1. The zero-order chi connectivity index (χ0) is 18.3.